The second-order valence-electron chi connectivity index (χ2n) is 11.0. The van der Waals surface area contributed by atoms with Gasteiger partial charge in [-0.1, -0.05) is 68.0 Å². The molecular formula is C34H39NO3. The molecule has 0 aromatic heterocycles. The number of amides is 1. The average molecular weight is 510 g/mol. The van der Waals surface area contributed by atoms with Crippen molar-refractivity contribution in [3.8, 4) is 11.1 Å². The average Bonchev–Trinajstić information content (AvgIpc) is 2.89. The molecular weight excluding hydrogens is 470 g/mol. The van der Waals surface area contributed by atoms with Crippen LogP contribution in [0, 0.1) is 5.92 Å². The zero-order chi connectivity index (χ0) is 27.4. The zero-order valence-corrected chi connectivity index (χ0v) is 23.2. The van der Waals surface area contributed by atoms with E-state index < -0.39 is 5.97 Å². The van der Waals surface area contributed by atoms with Crippen LogP contribution >= 0.6 is 0 Å². The Morgan fingerprint density at radius 1 is 0.921 bits per heavy atom. The molecule has 0 bridgehead atoms. The lowest BCUT2D eigenvalue weighted by atomic mass is 9.80. The fourth-order valence-electron chi connectivity index (χ4n) is 5.11. The Bertz CT molecular complexity index is 1340. The van der Waals surface area contributed by atoms with Gasteiger partial charge in [0.25, 0.3) is 5.91 Å². The predicted octanol–water partition coefficient (Wildman–Crippen LogP) is 8.13. The largest absolute Gasteiger partial charge is 0.478 e. The van der Waals surface area contributed by atoms with Crippen LogP contribution in [0.5, 0.6) is 0 Å². The third-order valence-corrected chi connectivity index (χ3v) is 8.23. The van der Waals surface area contributed by atoms with Gasteiger partial charge in [-0.05, 0) is 110 Å². The smallest absolute Gasteiger partial charge is 0.336 e. The predicted molar refractivity (Wildman–Crippen MR) is 156 cm³/mol. The highest BCUT2D eigenvalue weighted by atomic mass is 16.4. The highest BCUT2D eigenvalue weighted by Gasteiger charge is 2.23. The van der Waals surface area contributed by atoms with E-state index in [1.54, 1.807) is 12.1 Å². The molecule has 3 aromatic carbocycles. The van der Waals surface area contributed by atoms with Gasteiger partial charge in [0, 0.05) is 11.6 Å². The topological polar surface area (TPSA) is 66.4 Å². The van der Waals surface area contributed by atoms with Crippen LogP contribution < -0.4 is 5.32 Å². The SMILES string of the molecule is CC(C)=C(C)c1cc(C(=O)NC2CCC2)ccc1C(C)C(C)Cc1ccc(-c2ccccc2C(=O)O)cc1. The second kappa shape index (κ2) is 11.8. The number of nitrogens with one attached hydrogen (secondary N) is 1. The van der Waals surface area contributed by atoms with Gasteiger partial charge in [0.15, 0.2) is 0 Å². The Labute approximate surface area is 226 Å². The molecule has 38 heavy (non-hydrogen) atoms. The molecule has 4 rings (SSSR count). The minimum absolute atomic E-state index is 0.0225. The van der Waals surface area contributed by atoms with Gasteiger partial charge in [-0.2, -0.15) is 0 Å². The molecule has 2 unspecified atom stereocenters. The maximum atomic E-state index is 12.9. The first-order valence-corrected chi connectivity index (χ1v) is 13.7. The summed E-state index contributed by atoms with van der Waals surface area (Å²) in [5.41, 5.74) is 8.80. The van der Waals surface area contributed by atoms with Gasteiger partial charge < -0.3 is 10.4 Å². The molecule has 1 aliphatic rings. The van der Waals surface area contributed by atoms with E-state index in [4.69, 9.17) is 0 Å². The lowest BCUT2D eigenvalue weighted by molar-refractivity contribution is 0.0697. The van der Waals surface area contributed by atoms with Gasteiger partial charge in [0.2, 0.25) is 0 Å². The molecule has 1 aliphatic carbocycles. The van der Waals surface area contributed by atoms with E-state index in [2.05, 4.69) is 64.2 Å². The number of hydrogen-bond acceptors (Lipinski definition) is 2. The third-order valence-electron chi connectivity index (χ3n) is 8.23. The first-order valence-electron chi connectivity index (χ1n) is 13.7. The Balaban J connectivity index is 1.54. The summed E-state index contributed by atoms with van der Waals surface area (Å²) in [7, 11) is 0. The van der Waals surface area contributed by atoms with Crippen molar-refractivity contribution in [3.05, 3.63) is 100 Å². The number of carboxylic acid groups (broad SMARTS) is 1. The summed E-state index contributed by atoms with van der Waals surface area (Å²) in [6, 6.07) is 21.9. The van der Waals surface area contributed by atoms with Gasteiger partial charge in [0.05, 0.1) is 5.56 Å². The standard InChI is InChI=1S/C34H39NO3/c1-21(2)23(4)32-20-27(33(36)35-28-9-8-10-28)17-18-29(32)24(5)22(3)19-25-13-15-26(16-14-25)30-11-6-7-12-31(30)34(37)38/h6-7,11-18,20,22,24,28H,8-10,19H2,1-5H3,(H,35,36)(H,37,38). The maximum absolute atomic E-state index is 12.9. The Hall–Kier alpha value is -3.66. The van der Waals surface area contributed by atoms with E-state index in [1.165, 1.54) is 28.7 Å². The van der Waals surface area contributed by atoms with E-state index >= 15 is 0 Å². The summed E-state index contributed by atoms with van der Waals surface area (Å²) in [5.74, 6) is -0.239. The minimum Gasteiger partial charge on any atom is -0.478 e. The first kappa shape index (κ1) is 27.4. The van der Waals surface area contributed by atoms with Crippen molar-refractivity contribution in [2.75, 3.05) is 0 Å². The summed E-state index contributed by atoms with van der Waals surface area (Å²) < 4.78 is 0. The quantitative estimate of drug-likeness (QED) is 0.306. The summed E-state index contributed by atoms with van der Waals surface area (Å²) >= 11 is 0. The van der Waals surface area contributed by atoms with Crippen molar-refractivity contribution in [3.63, 3.8) is 0 Å². The third kappa shape index (κ3) is 6.07. The number of benzene rings is 3. The Morgan fingerprint density at radius 2 is 1.61 bits per heavy atom. The molecule has 3 aromatic rings. The summed E-state index contributed by atoms with van der Waals surface area (Å²) in [5, 5.41) is 12.7. The molecule has 4 heteroatoms. The fourth-order valence-corrected chi connectivity index (χ4v) is 5.11. The molecule has 0 heterocycles. The number of carboxylic acids is 1. The van der Waals surface area contributed by atoms with Crippen molar-refractivity contribution < 1.29 is 14.7 Å². The van der Waals surface area contributed by atoms with E-state index in [-0.39, 0.29) is 11.8 Å². The van der Waals surface area contributed by atoms with E-state index in [0.717, 1.165) is 41.5 Å². The molecule has 4 nitrogen and oxygen atoms in total. The molecule has 0 saturated heterocycles. The van der Waals surface area contributed by atoms with Crippen LogP contribution in [0.4, 0.5) is 0 Å². The number of allylic oxidation sites excluding steroid dienone is 2. The van der Waals surface area contributed by atoms with Crippen molar-refractivity contribution in [1.82, 2.24) is 5.32 Å². The number of carbonyl (C=O) groups is 2. The highest BCUT2D eigenvalue weighted by molar-refractivity contribution is 5.96. The number of rotatable bonds is 9. The van der Waals surface area contributed by atoms with Crippen LogP contribution in [0.1, 0.15) is 97.2 Å². The molecule has 0 aliphatic heterocycles. The summed E-state index contributed by atoms with van der Waals surface area (Å²) in [4.78, 5) is 24.5. The molecule has 198 valence electrons. The lowest BCUT2D eigenvalue weighted by Crippen LogP contribution is -2.39. The fraction of sp³-hybridized carbons (Fsp3) is 0.353. The van der Waals surface area contributed by atoms with Gasteiger partial charge in [-0.3, -0.25) is 4.79 Å². The van der Waals surface area contributed by atoms with Gasteiger partial charge in [-0.25, -0.2) is 4.79 Å². The van der Waals surface area contributed by atoms with Crippen LogP contribution in [-0.4, -0.2) is 23.0 Å². The van der Waals surface area contributed by atoms with E-state index in [9.17, 15) is 14.7 Å². The monoisotopic (exact) mass is 509 g/mol. The van der Waals surface area contributed by atoms with Crippen molar-refractivity contribution in [2.45, 2.75) is 72.3 Å². The van der Waals surface area contributed by atoms with Crippen LogP contribution in [-0.2, 0) is 6.42 Å². The zero-order valence-electron chi connectivity index (χ0n) is 23.2. The minimum atomic E-state index is -0.916. The van der Waals surface area contributed by atoms with Crippen molar-refractivity contribution >= 4 is 17.4 Å². The summed E-state index contributed by atoms with van der Waals surface area (Å²) in [6.07, 6.45) is 4.25. The number of hydrogen-bond donors (Lipinski definition) is 2. The lowest BCUT2D eigenvalue weighted by Gasteiger charge is -2.27. The van der Waals surface area contributed by atoms with Crippen LogP contribution in [0.25, 0.3) is 16.7 Å². The van der Waals surface area contributed by atoms with Gasteiger partial charge >= 0.3 is 5.97 Å². The van der Waals surface area contributed by atoms with Crippen LogP contribution in [0.2, 0.25) is 0 Å². The number of carbonyl (C=O) groups excluding carboxylic acids is 1. The van der Waals surface area contributed by atoms with Crippen molar-refractivity contribution in [2.24, 2.45) is 5.92 Å². The Morgan fingerprint density at radius 3 is 2.21 bits per heavy atom. The first-order chi connectivity index (χ1) is 18.2. The van der Waals surface area contributed by atoms with E-state index in [0.29, 0.717) is 17.5 Å². The highest BCUT2D eigenvalue weighted by Crippen LogP contribution is 2.35. The molecule has 2 N–H and O–H groups in total. The van der Waals surface area contributed by atoms with Crippen molar-refractivity contribution in [1.29, 1.82) is 0 Å². The number of aromatic carboxylic acids is 1. The Kier molecular flexibility index (Phi) is 8.51. The van der Waals surface area contributed by atoms with Crippen LogP contribution in [0.15, 0.2) is 72.3 Å². The maximum Gasteiger partial charge on any atom is 0.336 e. The molecule has 2 atom stereocenters. The summed E-state index contributed by atoms with van der Waals surface area (Å²) in [6.45, 7) is 10.9. The van der Waals surface area contributed by atoms with Gasteiger partial charge in [-0.15, -0.1) is 0 Å². The molecule has 1 amide bonds. The molecule has 1 saturated carbocycles. The van der Waals surface area contributed by atoms with E-state index in [1.807, 2.05) is 30.3 Å². The van der Waals surface area contributed by atoms with Crippen LogP contribution in [0.3, 0.4) is 0 Å². The molecule has 1 fully saturated rings. The second-order valence-corrected chi connectivity index (χ2v) is 11.0. The molecule has 0 spiro atoms. The molecule has 0 radical (unpaired) electrons. The normalized spacial score (nSPS) is 14.8. The van der Waals surface area contributed by atoms with Gasteiger partial charge in [0.1, 0.15) is 0 Å².